The fraction of sp³-hybridized carbons (Fsp3) is 0.261. The van der Waals surface area contributed by atoms with Gasteiger partial charge in [-0.25, -0.2) is 29.1 Å². The van der Waals surface area contributed by atoms with Gasteiger partial charge in [-0.1, -0.05) is 18.2 Å². The van der Waals surface area contributed by atoms with Crippen LogP contribution in [0.25, 0.3) is 22.6 Å². The number of ether oxygens (including phenoxy) is 1. The molecular formula is C23H18FN5O2. The molecule has 0 saturated heterocycles. The van der Waals surface area contributed by atoms with Crippen LogP contribution in [0.2, 0.25) is 0 Å². The minimum Gasteiger partial charge on any atom is -0.449 e. The third-order valence-corrected chi connectivity index (χ3v) is 6.33. The summed E-state index contributed by atoms with van der Waals surface area (Å²) < 4.78 is 19.9. The van der Waals surface area contributed by atoms with Gasteiger partial charge in [0.2, 0.25) is 0 Å². The molecule has 31 heavy (non-hydrogen) atoms. The van der Waals surface area contributed by atoms with Crippen LogP contribution in [0.15, 0.2) is 48.8 Å². The number of rotatable bonds is 2. The van der Waals surface area contributed by atoms with E-state index in [1.54, 1.807) is 30.6 Å². The Morgan fingerprint density at radius 3 is 2.74 bits per heavy atom. The molecule has 0 unspecified atom stereocenters. The lowest BCUT2D eigenvalue weighted by Gasteiger charge is -2.35. The van der Waals surface area contributed by atoms with Gasteiger partial charge in [-0.2, -0.15) is 0 Å². The lowest BCUT2D eigenvalue weighted by molar-refractivity contribution is -0.0313. The zero-order valence-electron chi connectivity index (χ0n) is 16.5. The van der Waals surface area contributed by atoms with E-state index in [-0.39, 0.29) is 17.7 Å². The molecule has 6 rings (SSSR count). The Morgan fingerprint density at radius 2 is 1.90 bits per heavy atom. The van der Waals surface area contributed by atoms with Crippen LogP contribution in [0.5, 0.6) is 0 Å². The minimum absolute atomic E-state index is 0.191. The molecule has 4 heterocycles. The van der Waals surface area contributed by atoms with E-state index in [0.29, 0.717) is 35.6 Å². The lowest BCUT2D eigenvalue weighted by atomic mass is 9.75. The maximum atomic E-state index is 14.1. The van der Waals surface area contributed by atoms with Crippen LogP contribution in [0.4, 0.5) is 4.39 Å². The first kappa shape index (κ1) is 18.1. The molecule has 0 amide bonds. The van der Waals surface area contributed by atoms with Gasteiger partial charge >= 0.3 is 5.97 Å². The molecule has 2 aliphatic rings. The first-order chi connectivity index (χ1) is 15.1. The molecule has 1 aliphatic heterocycles. The number of hydrogen-bond acceptors (Lipinski definition) is 6. The van der Waals surface area contributed by atoms with E-state index in [1.165, 1.54) is 6.07 Å². The number of carbonyl (C=O) groups excluding carboxylic acids is 1. The largest absolute Gasteiger partial charge is 0.449 e. The van der Waals surface area contributed by atoms with E-state index in [4.69, 9.17) is 4.74 Å². The van der Waals surface area contributed by atoms with E-state index < -0.39 is 5.60 Å². The van der Waals surface area contributed by atoms with E-state index >= 15 is 0 Å². The molecule has 0 atom stereocenters. The van der Waals surface area contributed by atoms with Gasteiger partial charge in [0.05, 0.1) is 11.8 Å². The standard InChI is InChI=1S/C23H18FN5O2/c24-16-6-2-1-4-14(16)20-26-12-17-21(29-20)28-19(27-17)13-7-9-23(10-8-13)15-5-3-11-25-18(15)22(30)31-23/h1-6,11-13H,7-10H2,(H,26,27,28,29). The van der Waals surface area contributed by atoms with Crippen molar-refractivity contribution in [3.8, 4) is 11.4 Å². The molecule has 3 aromatic heterocycles. The van der Waals surface area contributed by atoms with E-state index in [0.717, 1.165) is 29.7 Å². The highest BCUT2D eigenvalue weighted by Gasteiger charge is 2.48. The van der Waals surface area contributed by atoms with Gasteiger partial charge in [-0.3, -0.25) is 0 Å². The number of aromatic nitrogens is 5. The van der Waals surface area contributed by atoms with Crippen LogP contribution in [0, 0.1) is 5.82 Å². The van der Waals surface area contributed by atoms with Gasteiger partial charge in [0.15, 0.2) is 17.2 Å². The summed E-state index contributed by atoms with van der Waals surface area (Å²) in [5.41, 5.74) is 2.33. The van der Waals surface area contributed by atoms with Crippen molar-refractivity contribution in [2.75, 3.05) is 0 Å². The van der Waals surface area contributed by atoms with Crippen LogP contribution < -0.4 is 0 Å². The molecule has 7 nitrogen and oxygen atoms in total. The molecule has 4 aromatic rings. The van der Waals surface area contributed by atoms with Crippen molar-refractivity contribution in [2.24, 2.45) is 0 Å². The van der Waals surface area contributed by atoms with Gasteiger partial charge in [0, 0.05) is 17.7 Å². The highest BCUT2D eigenvalue weighted by molar-refractivity contribution is 5.92. The maximum absolute atomic E-state index is 14.1. The predicted molar refractivity (Wildman–Crippen MR) is 110 cm³/mol. The molecular weight excluding hydrogens is 397 g/mol. The van der Waals surface area contributed by atoms with E-state index in [9.17, 15) is 9.18 Å². The third kappa shape index (κ3) is 2.82. The summed E-state index contributed by atoms with van der Waals surface area (Å²) in [4.78, 5) is 33.2. The Bertz CT molecular complexity index is 1330. The fourth-order valence-electron chi connectivity index (χ4n) is 4.74. The van der Waals surface area contributed by atoms with Crippen LogP contribution in [0.1, 0.15) is 53.5 Å². The SMILES string of the molecule is O=C1OC2(CCC(c3nc4nc(-c5ccccc5F)ncc4[nH]3)CC2)c2cccnc21. The van der Waals surface area contributed by atoms with E-state index in [2.05, 4.69) is 24.9 Å². The average molecular weight is 415 g/mol. The maximum Gasteiger partial charge on any atom is 0.358 e. The monoisotopic (exact) mass is 415 g/mol. The number of pyridine rings is 1. The van der Waals surface area contributed by atoms with Crippen molar-refractivity contribution < 1.29 is 13.9 Å². The van der Waals surface area contributed by atoms with Gasteiger partial charge in [-0.15, -0.1) is 0 Å². The Labute approximate surface area is 176 Å². The van der Waals surface area contributed by atoms with Crippen molar-refractivity contribution in [3.05, 3.63) is 71.7 Å². The van der Waals surface area contributed by atoms with E-state index in [1.807, 2.05) is 12.1 Å². The number of esters is 1. The highest BCUT2D eigenvalue weighted by atomic mass is 19.1. The van der Waals surface area contributed by atoms with Crippen molar-refractivity contribution >= 4 is 17.1 Å². The Morgan fingerprint density at radius 1 is 1.06 bits per heavy atom. The molecule has 1 aliphatic carbocycles. The summed E-state index contributed by atoms with van der Waals surface area (Å²) in [6.45, 7) is 0. The second-order valence-electron chi connectivity index (χ2n) is 8.09. The second kappa shape index (κ2) is 6.66. The Hall–Kier alpha value is -3.68. The van der Waals surface area contributed by atoms with Gasteiger partial charge in [0.1, 0.15) is 22.8 Å². The molecule has 1 N–H and O–H groups in total. The summed E-state index contributed by atoms with van der Waals surface area (Å²) in [6.07, 6.45) is 6.32. The van der Waals surface area contributed by atoms with Crippen molar-refractivity contribution in [3.63, 3.8) is 0 Å². The molecule has 154 valence electrons. The van der Waals surface area contributed by atoms with Gasteiger partial charge in [-0.05, 0) is 43.9 Å². The Balaban J connectivity index is 1.27. The number of nitrogens with one attached hydrogen (secondary N) is 1. The molecule has 0 radical (unpaired) electrons. The number of benzene rings is 1. The number of hydrogen-bond donors (Lipinski definition) is 1. The number of aromatic amines is 1. The number of imidazole rings is 1. The Kier molecular flexibility index (Phi) is 3.89. The zero-order valence-corrected chi connectivity index (χ0v) is 16.5. The molecule has 1 aromatic carbocycles. The fourth-order valence-corrected chi connectivity index (χ4v) is 4.74. The molecule has 8 heteroatoms. The highest BCUT2D eigenvalue weighted by Crippen LogP contribution is 2.49. The van der Waals surface area contributed by atoms with Crippen LogP contribution in [-0.4, -0.2) is 30.9 Å². The quantitative estimate of drug-likeness (QED) is 0.491. The summed E-state index contributed by atoms with van der Waals surface area (Å²) in [7, 11) is 0. The molecule has 1 saturated carbocycles. The smallest absolute Gasteiger partial charge is 0.358 e. The first-order valence-corrected chi connectivity index (χ1v) is 10.3. The number of carbonyl (C=O) groups is 1. The number of H-pyrrole nitrogens is 1. The normalized spacial score (nSPS) is 22.6. The summed E-state index contributed by atoms with van der Waals surface area (Å²) in [6, 6.07) is 10.2. The van der Waals surface area contributed by atoms with Crippen molar-refractivity contribution in [2.45, 2.75) is 37.2 Å². The van der Waals surface area contributed by atoms with Gasteiger partial charge < -0.3 is 9.72 Å². The lowest BCUT2D eigenvalue weighted by Crippen LogP contribution is -2.31. The number of halogens is 1. The minimum atomic E-state index is -0.582. The summed E-state index contributed by atoms with van der Waals surface area (Å²) in [5.74, 6) is 0.634. The van der Waals surface area contributed by atoms with Crippen LogP contribution in [-0.2, 0) is 10.3 Å². The summed E-state index contributed by atoms with van der Waals surface area (Å²) in [5, 5.41) is 0. The molecule has 1 fully saturated rings. The predicted octanol–water partition coefficient (Wildman–Crippen LogP) is 4.28. The first-order valence-electron chi connectivity index (χ1n) is 10.3. The molecule has 1 spiro atoms. The average Bonchev–Trinajstić information content (AvgIpc) is 3.34. The third-order valence-electron chi connectivity index (χ3n) is 6.33. The molecule has 0 bridgehead atoms. The van der Waals surface area contributed by atoms with Crippen molar-refractivity contribution in [1.82, 2.24) is 24.9 Å². The summed E-state index contributed by atoms with van der Waals surface area (Å²) >= 11 is 0. The number of fused-ring (bicyclic) bond motifs is 3. The van der Waals surface area contributed by atoms with Gasteiger partial charge in [0.25, 0.3) is 0 Å². The zero-order chi connectivity index (χ0) is 21.0. The van der Waals surface area contributed by atoms with Crippen LogP contribution in [0.3, 0.4) is 0 Å². The second-order valence-corrected chi connectivity index (χ2v) is 8.09. The topological polar surface area (TPSA) is 93.6 Å². The number of nitrogens with zero attached hydrogens (tertiary/aromatic N) is 4. The van der Waals surface area contributed by atoms with Crippen molar-refractivity contribution in [1.29, 1.82) is 0 Å². The van der Waals surface area contributed by atoms with Crippen LogP contribution >= 0.6 is 0 Å².